The lowest BCUT2D eigenvalue weighted by Gasteiger charge is -2.23. The topological polar surface area (TPSA) is 76.7 Å². The summed E-state index contributed by atoms with van der Waals surface area (Å²) in [6, 6.07) is -0.0284. The number of nitrogens with one attached hydrogen (secondary N) is 2. The summed E-state index contributed by atoms with van der Waals surface area (Å²) in [5, 5.41) is 6.03. The molecule has 6 heteroatoms. The van der Waals surface area contributed by atoms with Gasteiger partial charge in [0.25, 0.3) is 0 Å². The van der Waals surface area contributed by atoms with Crippen LogP contribution in [0, 0.1) is 17.8 Å². The quantitative estimate of drug-likeness (QED) is 0.726. The first-order valence-electron chi connectivity index (χ1n) is 8.29. The van der Waals surface area contributed by atoms with Crippen LogP contribution < -0.4 is 10.6 Å². The van der Waals surface area contributed by atoms with Gasteiger partial charge in [0.15, 0.2) is 0 Å². The smallest absolute Gasteiger partial charge is 0.225 e. The summed E-state index contributed by atoms with van der Waals surface area (Å²) in [6.45, 7) is 7.04. The number of hydrogen-bond donors (Lipinski definition) is 2. The Bertz CT molecular complexity index is 374. The van der Waals surface area contributed by atoms with Crippen molar-refractivity contribution in [2.45, 2.75) is 39.2 Å². The second kappa shape index (κ2) is 8.48. The summed E-state index contributed by atoms with van der Waals surface area (Å²) in [5.41, 5.74) is 0. The van der Waals surface area contributed by atoms with E-state index in [1.165, 1.54) is 0 Å². The molecule has 2 aliphatic heterocycles. The molecule has 2 amide bonds. The van der Waals surface area contributed by atoms with Crippen molar-refractivity contribution in [3.63, 3.8) is 0 Å². The van der Waals surface area contributed by atoms with Crippen molar-refractivity contribution in [2.24, 2.45) is 17.8 Å². The lowest BCUT2D eigenvalue weighted by molar-refractivity contribution is -0.127. The maximum Gasteiger partial charge on any atom is 0.225 e. The molecule has 0 saturated carbocycles. The Morgan fingerprint density at radius 3 is 2.14 bits per heavy atom. The number of rotatable bonds is 7. The van der Waals surface area contributed by atoms with Gasteiger partial charge < -0.3 is 20.1 Å². The summed E-state index contributed by atoms with van der Waals surface area (Å²) >= 11 is 0. The van der Waals surface area contributed by atoms with E-state index in [2.05, 4.69) is 24.5 Å². The van der Waals surface area contributed by atoms with Gasteiger partial charge in [0.2, 0.25) is 11.8 Å². The van der Waals surface area contributed by atoms with Crippen molar-refractivity contribution in [1.29, 1.82) is 0 Å². The van der Waals surface area contributed by atoms with Gasteiger partial charge in [0, 0.05) is 25.8 Å². The van der Waals surface area contributed by atoms with Crippen LogP contribution in [0.3, 0.4) is 0 Å². The SMILES string of the molecule is CC(C)C[C@H](CNC(=O)[C@H]1CCOC1)NC(=O)[C@H]1CCOC1. The molecule has 126 valence electrons. The fourth-order valence-corrected chi connectivity index (χ4v) is 2.93. The molecule has 0 aromatic rings. The van der Waals surface area contributed by atoms with Crippen LogP contribution in [0.2, 0.25) is 0 Å². The molecule has 0 radical (unpaired) electrons. The standard InChI is InChI=1S/C16H28N2O4/c1-11(2)7-14(18-16(20)13-4-6-22-10-13)8-17-15(19)12-3-5-21-9-12/h11-14H,3-10H2,1-2H3,(H,17,19)(H,18,20)/t12-,13-,14+/m0/s1. The first-order chi connectivity index (χ1) is 10.6. The van der Waals surface area contributed by atoms with Crippen LogP contribution in [0.15, 0.2) is 0 Å². The number of carbonyl (C=O) groups is 2. The molecule has 3 atom stereocenters. The van der Waals surface area contributed by atoms with Gasteiger partial charge in [0.05, 0.1) is 25.0 Å². The largest absolute Gasteiger partial charge is 0.381 e. The first kappa shape index (κ1) is 17.2. The Morgan fingerprint density at radius 1 is 1.05 bits per heavy atom. The van der Waals surface area contributed by atoms with Crippen LogP contribution in [-0.4, -0.2) is 50.8 Å². The van der Waals surface area contributed by atoms with Gasteiger partial charge in [0.1, 0.15) is 0 Å². The molecule has 0 unspecified atom stereocenters. The van der Waals surface area contributed by atoms with Gasteiger partial charge in [-0.25, -0.2) is 0 Å². The lowest BCUT2D eigenvalue weighted by Crippen LogP contribution is -2.47. The fourth-order valence-electron chi connectivity index (χ4n) is 2.93. The molecular weight excluding hydrogens is 284 g/mol. The Kier molecular flexibility index (Phi) is 6.64. The molecule has 2 rings (SSSR count). The Hall–Kier alpha value is -1.14. The van der Waals surface area contributed by atoms with Gasteiger partial charge >= 0.3 is 0 Å². The number of amides is 2. The van der Waals surface area contributed by atoms with E-state index in [1.54, 1.807) is 0 Å². The second-order valence-electron chi connectivity index (χ2n) is 6.70. The highest BCUT2D eigenvalue weighted by Crippen LogP contribution is 2.14. The molecule has 2 N–H and O–H groups in total. The van der Waals surface area contributed by atoms with E-state index in [9.17, 15) is 9.59 Å². The maximum absolute atomic E-state index is 12.2. The molecule has 2 fully saturated rings. The van der Waals surface area contributed by atoms with Crippen LogP contribution in [0.4, 0.5) is 0 Å². The zero-order valence-electron chi connectivity index (χ0n) is 13.6. The highest BCUT2D eigenvalue weighted by molar-refractivity contribution is 5.80. The molecule has 0 aromatic heterocycles. The number of carbonyl (C=O) groups excluding carboxylic acids is 2. The van der Waals surface area contributed by atoms with Gasteiger partial charge in [-0.3, -0.25) is 9.59 Å². The molecule has 0 aliphatic carbocycles. The molecule has 6 nitrogen and oxygen atoms in total. The van der Waals surface area contributed by atoms with Crippen LogP contribution in [0.1, 0.15) is 33.1 Å². The lowest BCUT2D eigenvalue weighted by atomic mass is 10.0. The zero-order valence-corrected chi connectivity index (χ0v) is 13.6. The Labute approximate surface area is 132 Å². The predicted octanol–water partition coefficient (Wildman–Crippen LogP) is 0.707. The molecule has 0 bridgehead atoms. The predicted molar refractivity (Wildman–Crippen MR) is 82.2 cm³/mol. The third-order valence-corrected chi connectivity index (χ3v) is 4.23. The molecule has 2 aliphatic rings. The third kappa shape index (κ3) is 5.25. The van der Waals surface area contributed by atoms with E-state index >= 15 is 0 Å². The van der Waals surface area contributed by atoms with E-state index in [-0.39, 0.29) is 29.7 Å². The van der Waals surface area contributed by atoms with Crippen molar-refractivity contribution in [3.8, 4) is 0 Å². The zero-order chi connectivity index (χ0) is 15.9. The minimum atomic E-state index is -0.0476. The van der Waals surface area contributed by atoms with Crippen LogP contribution in [0.25, 0.3) is 0 Å². The van der Waals surface area contributed by atoms with Crippen LogP contribution >= 0.6 is 0 Å². The van der Waals surface area contributed by atoms with Gasteiger partial charge in [-0.1, -0.05) is 13.8 Å². The second-order valence-corrected chi connectivity index (χ2v) is 6.70. The summed E-state index contributed by atoms with van der Waals surface area (Å²) in [7, 11) is 0. The third-order valence-electron chi connectivity index (χ3n) is 4.23. The molecule has 2 saturated heterocycles. The van der Waals surface area contributed by atoms with E-state index in [0.717, 1.165) is 19.3 Å². The van der Waals surface area contributed by atoms with Gasteiger partial charge in [-0.15, -0.1) is 0 Å². The van der Waals surface area contributed by atoms with Gasteiger partial charge in [-0.2, -0.15) is 0 Å². The summed E-state index contributed by atoms with van der Waals surface area (Å²) in [5.74, 6) is 0.440. The molecule has 2 heterocycles. The minimum Gasteiger partial charge on any atom is -0.381 e. The van der Waals surface area contributed by atoms with Crippen molar-refractivity contribution in [2.75, 3.05) is 33.0 Å². The summed E-state index contributed by atoms with van der Waals surface area (Å²) in [4.78, 5) is 24.3. The summed E-state index contributed by atoms with van der Waals surface area (Å²) < 4.78 is 10.5. The number of ether oxygens (including phenoxy) is 2. The average molecular weight is 312 g/mol. The highest BCUT2D eigenvalue weighted by atomic mass is 16.5. The van der Waals surface area contributed by atoms with Crippen LogP contribution in [0.5, 0.6) is 0 Å². The number of hydrogen-bond acceptors (Lipinski definition) is 4. The van der Waals surface area contributed by atoms with E-state index in [4.69, 9.17) is 9.47 Å². The minimum absolute atomic E-state index is 0.0284. The average Bonchev–Trinajstić information content (AvgIpc) is 3.15. The van der Waals surface area contributed by atoms with Crippen molar-refractivity contribution >= 4 is 11.8 Å². The van der Waals surface area contributed by atoms with E-state index < -0.39 is 0 Å². The monoisotopic (exact) mass is 312 g/mol. The fraction of sp³-hybridized carbons (Fsp3) is 0.875. The van der Waals surface area contributed by atoms with Crippen molar-refractivity contribution in [1.82, 2.24) is 10.6 Å². The summed E-state index contributed by atoms with van der Waals surface area (Å²) in [6.07, 6.45) is 2.42. The molecule has 0 aromatic carbocycles. The normalized spacial score (nSPS) is 26.1. The van der Waals surface area contributed by atoms with E-state index in [0.29, 0.717) is 38.9 Å². The van der Waals surface area contributed by atoms with Crippen molar-refractivity contribution in [3.05, 3.63) is 0 Å². The molecule has 0 spiro atoms. The van der Waals surface area contributed by atoms with E-state index in [1.807, 2.05) is 0 Å². The van der Waals surface area contributed by atoms with Crippen LogP contribution in [-0.2, 0) is 19.1 Å². The molecule has 22 heavy (non-hydrogen) atoms. The highest BCUT2D eigenvalue weighted by Gasteiger charge is 2.27. The Balaban J connectivity index is 1.79. The van der Waals surface area contributed by atoms with Crippen molar-refractivity contribution < 1.29 is 19.1 Å². The molecular formula is C16H28N2O4. The first-order valence-corrected chi connectivity index (χ1v) is 8.29. The maximum atomic E-state index is 12.2. The van der Waals surface area contributed by atoms with Gasteiger partial charge in [-0.05, 0) is 25.2 Å². The Morgan fingerprint density at radius 2 is 1.64 bits per heavy atom.